The minimum atomic E-state index is -1.02. The first kappa shape index (κ1) is 22.7. The molecule has 2 aliphatic heterocycles. The van der Waals surface area contributed by atoms with E-state index < -0.39 is 17.7 Å². The number of aromatic nitrogens is 2. The van der Waals surface area contributed by atoms with E-state index >= 15 is 0 Å². The zero-order chi connectivity index (χ0) is 23.5. The summed E-state index contributed by atoms with van der Waals surface area (Å²) in [5, 5.41) is 0. The second-order valence-corrected chi connectivity index (χ2v) is 8.26. The minimum absolute atomic E-state index is 0.0835. The van der Waals surface area contributed by atoms with Gasteiger partial charge in [0.2, 0.25) is 5.91 Å². The van der Waals surface area contributed by atoms with E-state index in [9.17, 15) is 18.4 Å². The van der Waals surface area contributed by atoms with Gasteiger partial charge in [-0.1, -0.05) is 0 Å². The van der Waals surface area contributed by atoms with E-state index in [0.717, 1.165) is 25.0 Å². The average Bonchev–Trinajstić information content (AvgIpc) is 3.16. The highest BCUT2D eigenvalue weighted by atomic mass is 19.2. The number of likely N-dealkylation sites (tertiary alicyclic amines) is 1. The number of halogens is 2. The van der Waals surface area contributed by atoms with Crippen molar-refractivity contribution in [1.29, 1.82) is 0 Å². The van der Waals surface area contributed by atoms with Gasteiger partial charge in [0.05, 0.1) is 6.54 Å². The maximum Gasteiger partial charge on any atom is 0.325 e. The molecule has 3 amide bonds. The number of ether oxygens (including phenoxy) is 1. The van der Waals surface area contributed by atoms with Crippen LogP contribution in [0, 0.1) is 11.6 Å². The van der Waals surface area contributed by atoms with Crippen molar-refractivity contribution in [3.05, 3.63) is 42.2 Å². The van der Waals surface area contributed by atoms with E-state index in [-0.39, 0.29) is 24.2 Å². The molecule has 176 valence electrons. The van der Waals surface area contributed by atoms with Crippen LogP contribution in [0.15, 0.2) is 30.6 Å². The minimum Gasteiger partial charge on any atom is -0.470 e. The molecule has 2 fully saturated rings. The summed E-state index contributed by atoms with van der Waals surface area (Å²) in [5.41, 5.74) is 0.265. The molecule has 33 heavy (non-hydrogen) atoms. The van der Waals surface area contributed by atoms with Gasteiger partial charge in [0.1, 0.15) is 12.6 Å². The van der Waals surface area contributed by atoms with Gasteiger partial charge in [0.15, 0.2) is 17.5 Å². The summed E-state index contributed by atoms with van der Waals surface area (Å²) in [6.45, 7) is 1.50. The molecule has 0 radical (unpaired) electrons. The number of anilines is 2. The number of hydrogen-bond donors (Lipinski definition) is 0. The van der Waals surface area contributed by atoms with Crippen molar-refractivity contribution in [1.82, 2.24) is 19.8 Å². The highest BCUT2D eigenvalue weighted by molar-refractivity contribution is 5.96. The van der Waals surface area contributed by atoms with Crippen molar-refractivity contribution in [3.63, 3.8) is 0 Å². The Labute approximate surface area is 190 Å². The lowest BCUT2D eigenvalue weighted by Gasteiger charge is -2.34. The molecular formula is C22H26F2N6O3. The van der Waals surface area contributed by atoms with Gasteiger partial charge in [-0.05, 0) is 25.0 Å². The summed E-state index contributed by atoms with van der Waals surface area (Å²) in [5.74, 6) is -1.15. The van der Waals surface area contributed by atoms with Gasteiger partial charge in [-0.15, -0.1) is 0 Å². The van der Waals surface area contributed by atoms with Gasteiger partial charge < -0.3 is 19.4 Å². The number of rotatable bonds is 6. The molecule has 0 aliphatic carbocycles. The van der Waals surface area contributed by atoms with E-state index in [0.29, 0.717) is 37.9 Å². The predicted octanol–water partition coefficient (Wildman–Crippen LogP) is 2.13. The summed E-state index contributed by atoms with van der Waals surface area (Å²) in [6.07, 6.45) is 4.47. The van der Waals surface area contributed by atoms with Crippen molar-refractivity contribution in [2.45, 2.75) is 18.9 Å². The summed E-state index contributed by atoms with van der Waals surface area (Å²) in [4.78, 5) is 40.5. The van der Waals surface area contributed by atoms with Crippen LogP contribution < -0.4 is 14.5 Å². The van der Waals surface area contributed by atoms with Gasteiger partial charge in [-0.3, -0.25) is 9.69 Å². The Morgan fingerprint density at radius 2 is 1.94 bits per heavy atom. The standard InChI is InChI=1S/C22H26F2N6O3/c1-27(2)20-21(26-8-7-25-20)33-16-4-3-9-28(13-16)19(31)14-29-10-11-30(22(29)32)15-5-6-17(23)18(24)12-15/h5-8,12,16H,3-4,9-11,13-14H2,1-2H3. The van der Waals surface area contributed by atoms with Crippen LogP contribution in [-0.2, 0) is 4.79 Å². The Bertz CT molecular complexity index is 1040. The number of urea groups is 1. The molecule has 0 spiro atoms. The molecule has 11 heteroatoms. The highest BCUT2D eigenvalue weighted by Gasteiger charge is 2.34. The Hall–Kier alpha value is -3.50. The highest BCUT2D eigenvalue weighted by Crippen LogP contribution is 2.25. The van der Waals surface area contributed by atoms with Gasteiger partial charge in [-0.25, -0.2) is 23.5 Å². The topological polar surface area (TPSA) is 82.1 Å². The maximum atomic E-state index is 13.6. The number of benzene rings is 1. The molecular weight excluding hydrogens is 434 g/mol. The predicted molar refractivity (Wildman–Crippen MR) is 117 cm³/mol. The van der Waals surface area contributed by atoms with Crippen LogP contribution >= 0.6 is 0 Å². The third-order valence-electron chi connectivity index (χ3n) is 5.72. The van der Waals surface area contributed by atoms with Gasteiger partial charge in [-0.2, -0.15) is 0 Å². The van der Waals surface area contributed by atoms with E-state index in [1.54, 1.807) is 17.3 Å². The number of amides is 3. The van der Waals surface area contributed by atoms with E-state index in [2.05, 4.69) is 9.97 Å². The smallest absolute Gasteiger partial charge is 0.325 e. The number of carbonyl (C=O) groups excluding carboxylic acids is 2. The molecule has 1 unspecified atom stereocenters. The zero-order valence-corrected chi connectivity index (χ0v) is 18.6. The molecule has 4 rings (SSSR count). The monoisotopic (exact) mass is 460 g/mol. The fourth-order valence-electron chi connectivity index (χ4n) is 4.01. The molecule has 9 nitrogen and oxygen atoms in total. The average molecular weight is 460 g/mol. The second kappa shape index (κ2) is 9.55. The van der Waals surface area contributed by atoms with Crippen LogP contribution in [0.4, 0.5) is 25.1 Å². The Morgan fingerprint density at radius 1 is 1.15 bits per heavy atom. The van der Waals surface area contributed by atoms with Crippen molar-refractivity contribution >= 4 is 23.4 Å². The number of nitrogens with zero attached hydrogens (tertiary/aromatic N) is 6. The molecule has 0 bridgehead atoms. The Morgan fingerprint density at radius 3 is 2.70 bits per heavy atom. The zero-order valence-electron chi connectivity index (χ0n) is 18.6. The molecule has 1 aromatic carbocycles. The van der Waals surface area contributed by atoms with Crippen molar-refractivity contribution in [2.24, 2.45) is 0 Å². The fraction of sp³-hybridized carbons (Fsp3) is 0.455. The van der Waals surface area contributed by atoms with Gasteiger partial charge in [0, 0.05) is 57.9 Å². The number of carbonyl (C=O) groups is 2. The summed E-state index contributed by atoms with van der Waals surface area (Å²) in [6, 6.07) is 2.91. The number of hydrogen-bond acceptors (Lipinski definition) is 6. The maximum absolute atomic E-state index is 13.6. The molecule has 3 heterocycles. The van der Waals surface area contributed by atoms with Crippen LogP contribution in [0.3, 0.4) is 0 Å². The Kier molecular flexibility index (Phi) is 6.57. The molecule has 2 aromatic rings. The van der Waals surface area contributed by atoms with Crippen LogP contribution in [-0.4, -0.2) is 84.6 Å². The van der Waals surface area contributed by atoms with E-state index in [4.69, 9.17) is 4.74 Å². The molecule has 0 N–H and O–H groups in total. The summed E-state index contributed by atoms with van der Waals surface area (Å²) in [7, 11) is 3.70. The quantitative estimate of drug-likeness (QED) is 0.657. The molecule has 2 aliphatic rings. The second-order valence-electron chi connectivity index (χ2n) is 8.26. The van der Waals surface area contributed by atoms with Crippen molar-refractivity contribution in [2.75, 3.05) is 56.6 Å². The lowest BCUT2D eigenvalue weighted by Crippen LogP contribution is -2.48. The lowest BCUT2D eigenvalue weighted by molar-refractivity contribution is -0.134. The summed E-state index contributed by atoms with van der Waals surface area (Å²) >= 11 is 0. The first-order valence-corrected chi connectivity index (χ1v) is 10.8. The SMILES string of the molecule is CN(C)c1nccnc1OC1CCCN(C(=O)CN2CCN(c3ccc(F)c(F)c3)C2=O)C1. The molecule has 0 saturated carbocycles. The number of piperidine rings is 1. The summed E-state index contributed by atoms with van der Waals surface area (Å²) < 4.78 is 32.8. The van der Waals surface area contributed by atoms with Crippen molar-refractivity contribution < 1.29 is 23.1 Å². The van der Waals surface area contributed by atoms with Gasteiger partial charge in [0.25, 0.3) is 5.88 Å². The molecule has 2 saturated heterocycles. The third-order valence-corrected chi connectivity index (χ3v) is 5.72. The van der Waals surface area contributed by atoms with Crippen LogP contribution in [0.1, 0.15) is 12.8 Å². The van der Waals surface area contributed by atoms with E-state index in [1.807, 2.05) is 19.0 Å². The van der Waals surface area contributed by atoms with E-state index in [1.165, 1.54) is 15.9 Å². The first-order valence-electron chi connectivity index (χ1n) is 10.8. The van der Waals surface area contributed by atoms with Crippen LogP contribution in [0.5, 0.6) is 5.88 Å². The molecule has 1 aromatic heterocycles. The van der Waals surface area contributed by atoms with Gasteiger partial charge >= 0.3 is 6.03 Å². The van der Waals surface area contributed by atoms with Crippen LogP contribution in [0.25, 0.3) is 0 Å². The first-order chi connectivity index (χ1) is 15.8. The Balaban J connectivity index is 1.36. The normalized spacial score (nSPS) is 18.6. The largest absolute Gasteiger partial charge is 0.470 e. The third kappa shape index (κ3) is 4.96. The van der Waals surface area contributed by atoms with Crippen LogP contribution in [0.2, 0.25) is 0 Å². The van der Waals surface area contributed by atoms with Crippen molar-refractivity contribution in [3.8, 4) is 5.88 Å². The fourth-order valence-corrected chi connectivity index (χ4v) is 4.01. The molecule has 1 atom stereocenters. The lowest BCUT2D eigenvalue weighted by atomic mass is 10.1.